The zero-order valence-electron chi connectivity index (χ0n) is 17.3. The number of hydrogen-bond acceptors (Lipinski definition) is 4. The summed E-state index contributed by atoms with van der Waals surface area (Å²) in [6.45, 7) is 0.0617. The minimum absolute atomic E-state index is 0.0617. The molecule has 2 aliphatic rings. The lowest BCUT2D eigenvalue weighted by Crippen LogP contribution is -2.52. The highest BCUT2D eigenvalue weighted by Crippen LogP contribution is 2.31. The smallest absolute Gasteiger partial charge is 0.345 e. The van der Waals surface area contributed by atoms with Gasteiger partial charge in [0, 0.05) is 24.1 Å². The first kappa shape index (κ1) is 22.5. The fourth-order valence-corrected chi connectivity index (χ4v) is 4.13. The highest BCUT2D eigenvalue weighted by molar-refractivity contribution is 6.06. The van der Waals surface area contributed by atoms with Crippen LogP contribution in [0.5, 0.6) is 0 Å². The Morgan fingerprint density at radius 2 is 1.85 bits per heavy atom. The molecule has 2 heterocycles. The van der Waals surface area contributed by atoms with Gasteiger partial charge < -0.3 is 10.2 Å². The Balaban J connectivity index is 1.52. The lowest BCUT2D eigenvalue weighted by Gasteiger charge is -2.29. The molecule has 0 saturated carbocycles. The summed E-state index contributed by atoms with van der Waals surface area (Å²) in [5, 5.41) is 4.65. The normalized spacial score (nSPS) is 19.2. The lowest BCUT2D eigenvalue weighted by molar-refractivity contribution is -0.140. The van der Waals surface area contributed by atoms with Crippen LogP contribution >= 0.6 is 0 Å². The van der Waals surface area contributed by atoms with Gasteiger partial charge in [-0.25, -0.2) is 0 Å². The maximum atomic E-state index is 13.1. The number of amides is 4. The van der Waals surface area contributed by atoms with Gasteiger partial charge >= 0.3 is 6.18 Å². The van der Waals surface area contributed by atoms with Crippen molar-refractivity contribution in [1.29, 1.82) is 0 Å². The van der Waals surface area contributed by atoms with Gasteiger partial charge in [-0.05, 0) is 35.7 Å². The van der Waals surface area contributed by atoms with E-state index < -0.39 is 48.3 Å². The Hall–Kier alpha value is -3.69. The predicted octanol–water partition coefficient (Wildman–Crippen LogP) is 2.87. The van der Waals surface area contributed by atoms with Crippen molar-refractivity contribution in [3.05, 3.63) is 70.8 Å². The molecule has 0 aromatic heterocycles. The highest BCUT2D eigenvalue weighted by atomic mass is 19.4. The van der Waals surface area contributed by atoms with Gasteiger partial charge in [0.15, 0.2) is 0 Å². The van der Waals surface area contributed by atoms with E-state index in [2.05, 4.69) is 10.6 Å². The van der Waals surface area contributed by atoms with Gasteiger partial charge in [0.05, 0.1) is 12.5 Å². The molecule has 0 radical (unpaired) electrons. The minimum atomic E-state index is -4.49. The number of hydrogen-bond donors (Lipinski definition) is 2. The summed E-state index contributed by atoms with van der Waals surface area (Å²) in [5.41, 5.74) is 1.23. The van der Waals surface area contributed by atoms with Gasteiger partial charge in [-0.1, -0.05) is 30.3 Å². The van der Waals surface area contributed by atoms with E-state index in [0.29, 0.717) is 16.7 Å². The Morgan fingerprint density at radius 1 is 1.12 bits per heavy atom. The molecule has 1 fully saturated rings. The zero-order valence-corrected chi connectivity index (χ0v) is 17.3. The average molecular weight is 459 g/mol. The maximum absolute atomic E-state index is 13.1. The Morgan fingerprint density at radius 3 is 2.52 bits per heavy atom. The monoisotopic (exact) mass is 459 g/mol. The highest BCUT2D eigenvalue weighted by Gasteiger charge is 2.39. The molecular formula is C23H20F3N3O4. The first-order valence-electron chi connectivity index (χ1n) is 10.3. The standard InChI is InChI=1S/C23H20F3N3O4/c24-23(25,26)11-17(13-4-2-1-3-5-13)27-20(31)14-6-7-16-15(10-14)12-29(22(16)33)18-8-9-19(30)28-21(18)32/h1-7,10,17-18H,8-9,11-12H2,(H,27,31)(H,28,30,32)/t17-,18?/m0/s1. The molecule has 1 saturated heterocycles. The van der Waals surface area contributed by atoms with Crippen LogP contribution in [-0.2, 0) is 16.1 Å². The van der Waals surface area contributed by atoms with E-state index in [9.17, 15) is 32.3 Å². The Labute approximate surface area is 186 Å². The minimum Gasteiger partial charge on any atom is -0.345 e. The number of piperidine rings is 1. The summed E-state index contributed by atoms with van der Waals surface area (Å²) < 4.78 is 39.3. The number of fused-ring (bicyclic) bond motifs is 1. The molecule has 1 unspecified atom stereocenters. The lowest BCUT2D eigenvalue weighted by atomic mass is 10.0. The number of carbonyl (C=O) groups excluding carboxylic acids is 4. The average Bonchev–Trinajstić information content (AvgIpc) is 3.08. The number of imide groups is 1. The summed E-state index contributed by atoms with van der Waals surface area (Å²) in [7, 11) is 0. The number of benzene rings is 2. The third-order valence-corrected chi connectivity index (χ3v) is 5.73. The second kappa shape index (κ2) is 8.68. The number of rotatable bonds is 5. The topological polar surface area (TPSA) is 95.6 Å². The summed E-state index contributed by atoms with van der Waals surface area (Å²) in [6, 6.07) is 10.1. The molecule has 2 atom stereocenters. The van der Waals surface area contributed by atoms with Crippen molar-refractivity contribution >= 4 is 23.6 Å². The van der Waals surface area contributed by atoms with E-state index in [-0.39, 0.29) is 24.9 Å². The molecule has 2 aliphatic heterocycles. The first-order chi connectivity index (χ1) is 15.6. The van der Waals surface area contributed by atoms with Crippen LogP contribution in [0, 0.1) is 0 Å². The van der Waals surface area contributed by atoms with E-state index >= 15 is 0 Å². The third-order valence-electron chi connectivity index (χ3n) is 5.73. The zero-order chi connectivity index (χ0) is 23.8. The van der Waals surface area contributed by atoms with Crippen LogP contribution in [0.25, 0.3) is 0 Å². The van der Waals surface area contributed by atoms with Crippen LogP contribution in [-0.4, -0.2) is 40.7 Å². The summed E-state index contributed by atoms with van der Waals surface area (Å²) >= 11 is 0. The fraction of sp³-hybridized carbons (Fsp3) is 0.304. The maximum Gasteiger partial charge on any atom is 0.391 e. The van der Waals surface area contributed by atoms with Crippen LogP contribution in [0.15, 0.2) is 48.5 Å². The number of carbonyl (C=O) groups is 4. The molecule has 2 aromatic rings. The Kier molecular flexibility index (Phi) is 5.92. The molecule has 4 rings (SSSR count). The summed E-state index contributed by atoms with van der Waals surface area (Å²) in [5.74, 6) is -2.05. The van der Waals surface area contributed by atoms with Gasteiger partial charge in [-0.2, -0.15) is 13.2 Å². The number of halogens is 3. The molecule has 0 aliphatic carbocycles. The number of alkyl halides is 3. The molecule has 4 amide bonds. The van der Waals surface area contributed by atoms with Crippen LogP contribution in [0.4, 0.5) is 13.2 Å². The van der Waals surface area contributed by atoms with E-state index in [1.165, 1.54) is 35.2 Å². The molecule has 2 aromatic carbocycles. The molecule has 2 N–H and O–H groups in total. The molecule has 0 bridgehead atoms. The first-order valence-corrected chi connectivity index (χ1v) is 10.3. The van der Waals surface area contributed by atoms with Crippen LogP contribution in [0.2, 0.25) is 0 Å². The summed E-state index contributed by atoms with van der Waals surface area (Å²) in [6.07, 6.45) is -5.39. The van der Waals surface area contributed by atoms with E-state index in [1.807, 2.05) is 0 Å². The largest absolute Gasteiger partial charge is 0.391 e. The fourth-order valence-electron chi connectivity index (χ4n) is 4.13. The quantitative estimate of drug-likeness (QED) is 0.673. The van der Waals surface area contributed by atoms with Crippen molar-refractivity contribution in [2.75, 3.05) is 0 Å². The van der Waals surface area contributed by atoms with E-state index in [4.69, 9.17) is 0 Å². The third kappa shape index (κ3) is 4.89. The number of nitrogens with zero attached hydrogens (tertiary/aromatic N) is 1. The van der Waals surface area contributed by atoms with E-state index in [0.717, 1.165) is 0 Å². The van der Waals surface area contributed by atoms with Crippen LogP contribution < -0.4 is 10.6 Å². The van der Waals surface area contributed by atoms with Gasteiger partial charge in [0.25, 0.3) is 11.8 Å². The predicted molar refractivity (Wildman–Crippen MR) is 110 cm³/mol. The van der Waals surface area contributed by atoms with Gasteiger partial charge in [-0.3, -0.25) is 24.5 Å². The van der Waals surface area contributed by atoms with Crippen LogP contribution in [0.3, 0.4) is 0 Å². The van der Waals surface area contributed by atoms with Crippen molar-refractivity contribution in [1.82, 2.24) is 15.5 Å². The second-order valence-electron chi connectivity index (χ2n) is 8.03. The summed E-state index contributed by atoms with van der Waals surface area (Å²) in [4.78, 5) is 50.4. The molecular weight excluding hydrogens is 439 g/mol. The van der Waals surface area contributed by atoms with Gasteiger partial charge in [-0.15, -0.1) is 0 Å². The second-order valence-corrected chi connectivity index (χ2v) is 8.03. The van der Waals surface area contributed by atoms with Crippen molar-refractivity contribution in [2.45, 2.75) is 44.1 Å². The SMILES string of the molecule is O=C1CCC(N2Cc3cc(C(=O)N[C@@H](CC(F)(F)F)c4ccccc4)ccc3C2=O)C(=O)N1. The van der Waals surface area contributed by atoms with Crippen molar-refractivity contribution in [2.24, 2.45) is 0 Å². The molecule has 172 valence electrons. The van der Waals surface area contributed by atoms with Gasteiger partial charge in [0.1, 0.15) is 6.04 Å². The molecule has 33 heavy (non-hydrogen) atoms. The molecule has 10 heteroatoms. The van der Waals surface area contributed by atoms with E-state index in [1.54, 1.807) is 18.2 Å². The number of nitrogens with one attached hydrogen (secondary N) is 2. The van der Waals surface area contributed by atoms with Crippen LogP contribution in [0.1, 0.15) is 57.1 Å². The van der Waals surface area contributed by atoms with Crippen molar-refractivity contribution in [3.8, 4) is 0 Å². The molecule has 0 spiro atoms. The Bertz CT molecular complexity index is 1120. The molecule has 7 nitrogen and oxygen atoms in total. The van der Waals surface area contributed by atoms with Gasteiger partial charge in [0.2, 0.25) is 11.8 Å². The van der Waals surface area contributed by atoms with Crippen molar-refractivity contribution in [3.63, 3.8) is 0 Å². The van der Waals surface area contributed by atoms with Crippen molar-refractivity contribution < 1.29 is 32.3 Å².